The molecule has 1 aromatic rings. The molecule has 23 heavy (non-hydrogen) atoms. The summed E-state index contributed by atoms with van der Waals surface area (Å²) in [4.78, 5) is 22.7. The molecule has 1 rings (SSSR count). The van der Waals surface area contributed by atoms with E-state index in [9.17, 15) is 9.59 Å². The first-order valence-electron chi connectivity index (χ1n) is 7.87. The second kappa shape index (κ2) is 8.72. The molecule has 0 unspecified atom stereocenters. The lowest BCUT2D eigenvalue weighted by molar-refractivity contribution is -0.155. The van der Waals surface area contributed by atoms with Crippen LogP contribution in [0.3, 0.4) is 0 Å². The van der Waals surface area contributed by atoms with Crippen LogP contribution in [0.4, 0.5) is 5.69 Å². The molecule has 5 nitrogen and oxygen atoms in total. The van der Waals surface area contributed by atoms with E-state index in [0.717, 1.165) is 12.0 Å². The molecule has 1 atom stereocenters. The molecular weight excluding hydrogens is 291 g/mol. The third-order valence-electron chi connectivity index (χ3n) is 3.31. The first-order chi connectivity index (χ1) is 10.7. The standard InChI is InChI=1S/C17H26BN2O3/c1-5-12-6-7-14(19)8-13(12)9-15(20-18-11-21)10-16(22)23-17(2,3)4/h6-8,11,15,20H,5,9-10,19H2,1-4H3/t15-/m0/s1. The fourth-order valence-corrected chi connectivity index (χ4v) is 2.40. The van der Waals surface area contributed by atoms with Crippen molar-refractivity contribution in [2.75, 3.05) is 5.73 Å². The first-order valence-corrected chi connectivity index (χ1v) is 7.87. The Morgan fingerprint density at radius 2 is 2.09 bits per heavy atom. The van der Waals surface area contributed by atoms with Crippen LogP contribution >= 0.6 is 0 Å². The van der Waals surface area contributed by atoms with Gasteiger partial charge in [0.2, 0.25) is 0 Å². The zero-order chi connectivity index (χ0) is 17.5. The highest BCUT2D eigenvalue weighted by molar-refractivity contribution is 6.64. The third-order valence-corrected chi connectivity index (χ3v) is 3.31. The van der Waals surface area contributed by atoms with E-state index < -0.39 is 5.60 Å². The van der Waals surface area contributed by atoms with Crippen LogP contribution in [0, 0.1) is 0 Å². The van der Waals surface area contributed by atoms with E-state index in [0.29, 0.717) is 18.3 Å². The normalized spacial score (nSPS) is 12.5. The number of carbonyl (C=O) groups is 2. The number of aryl methyl sites for hydroxylation is 1. The van der Waals surface area contributed by atoms with E-state index in [1.54, 1.807) is 0 Å². The second-order valence-corrected chi connectivity index (χ2v) is 6.54. The van der Waals surface area contributed by atoms with Crippen LogP contribution in [-0.2, 0) is 27.2 Å². The summed E-state index contributed by atoms with van der Waals surface area (Å²) >= 11 is 0. The molecule has 1 aromatic carbocycles. The van der Waals surface area contributed by atoms with Crippen LogP contribution in [-0.4, -0.2) is 31.2 Å². The van der Waals surface area contributed by atoms with Gasteiger partial charge in [0, 0.05) is 11.7 Å². The number of benzene rings is 1. The Labute approximate surface area is 139 Å². The number of ether oxygens (including phenoxy) is 1. The molecule has 0 heterocycles. The number of nitrogens with two attached hydrogens (primary N) is 1. The van der Waals surface area contributed by atoms with Gasteiger partial charge in [-0.2, -0.15) is 0 Å². The Morgan fingerprint density at radius 3 is 2.65 bits per heavy atom. The third kappa shape index (κ3) is 7.33. The van der Waals surface area contributed by atoms with Crippen molar-refractivity contribution in [2.24, 2.45) is 0 Å². The summed E-state index contributed by atoms with van der Waals surface area (Å²) in [6.45, 7) is 7.57. The van der Waals surface area contributed by atoms with Crippen LogP contribution in [0.2, 0.25) is 0 Å². The van der Waals surface area contributed by atoms with Crippen molar-refractivity contribution < 1.29 is 14.3 Å². The van der Waals surface area contributed by atoms with Crippen molar-refractivity contribution in [1.29, 1.82) is 0 Å². The predicted octanol–water partition coefficient (Wildman–Crippen LogP) is 1.87. The van der Waals surface area contributed by atoms with Crippen molar-refractivity contribution in [3.05, 3.63) is 29.3 Å². The van der Waals surface area contributed by atoms with Gasteiger partial charge in [0.25, 0.3) is 7.41 Å². The smallest absolute Gasteiger partial charge is 0.307 e. The van der Waals surface area contributed by atoms with E-state index in [1.165, 1.54) is 13.0 Å². The maximum Gasteiger partial charge on any atom is 0.307 e. The lowest BCUT2D eigenvalue weighted by atomic mass is 9.90. The first kappa shape index (κ1) is 19.2. The molecule has 0 aliphatic rings. The van der Waals surface area contributed by atoms with Gasteiger partial charge in [-0.25, -0.2) is 0 Å². The van der Waals surface area contributed by atoms with Crippen LogP contribution in [0.25, 0.3) is 0 Å². The monoisotopic (exact) mass is 317 g/mol. The van der Waals surface area contributed by atoms with Crippen molar-refractivity contribution >= 4 is 25.3 Å². The quantitative estimate of drug-likeness (QED) is 0.331. The molecule has 0 aliphatic heterocycles. The van der Waals surface area contributed by atoms with Gasteiger partial charge in [0.05, 0.1) is 12.6 Å². The minimum Gasteiger partial charge on any atom is -0.460 e. The zero-order valence-electron chi connectivity index (χ0n) is 14.4. The number of rotatable bonds is 8. The maximum absolute atomic E-state index is 12.1. The number of carbonyl (C=O) groups excluding carboxylic acids is 2. The average Bonchev–Trinajstić information content (AvgIpc) is 2.43. The summed E-state index contributed by atoms with van der Waals surface area (Å²) < 4.78 is 5.36. The number of hydrogen-bond donors (Lipinski definition) is 2. The Kier molecular flexibility index (Phi) is 7.29. The van der Waals surface area contributed by atoms with Crippen molar-refractivity contribution in [1.82, 2.24) is 5.23 Å². The van der Waals surface area contributed by atoms with Gasteiger partial charge in [-0.3, -0.25) is 4.79 Å². The highest BCUT2D eigenvalue weighted by atomic mass is 16.6. The lowest BCUT2D eigenvalue weighted by Gasteiger charge is -2.23. The molecule has 0 aliphatic carbocycles. The Bertz CT molecular complexity index is 541. The fraction of sp³-hybridized carbons (Fsp3) is 0.529. The lowest BCUT2D eigenvalue weighted by Crippen LogP contribution is -2.38. The largest absolute Gasteiger partial charge is 0.460 e. The van der Waals surface area contributed by atoms with E-state index >= 15 is 0 Å². The molecule has 0 spiro atoms. The second-order valence-electron chi connectivity index (χ2n) is 6.54. The highest BCUT2D eigenvalue weighted by Crippen LogP contribution is 2.18. The molecule has 0 fully saturated rings. The van der Waals surface area contributed by atoms with Crippen LogP contribution in [0.1, 0.15) is 45.2 Å². The maximum atomic E-state index is 12.1. The van der Waals surface area contributed by atoms with Crippen molar-refractivity contribution in [2.45, 2.75) is 58.6 Å². The van der Waals surface area contributed by atoms with Gasteiger partial charge >= 0.3 is 5.97 Å². The van der Waals surface area contributed by atoms with Crippen LogP contribution in [0.5, 0.6) is 0 Å². The van der Waals surface area contributed by atoms with Crippen LogP contribution in [0.15, 0.2) is 18.2 Å². The van der Waals surface area contributed by atoms with Gasteiger partial charge in [-0.1, -0.05) is 13.0 Å². The van der Waals surface area contributed by atoms with Crippen LogP contribution < -0.4 is 11.0 Å². The highest BCUT2D eigenvalue weighted by Gasteiger charge is 2.21. The molecule has 0 saturated carbocycles. The van der Waals surface area contributed by atoms with Crippen molar-refractivity contribution in [3.63, 3.8) is 0 Å². The molecule has 6 heteroatoms. The SMILES string of the molecule is CCc1ccc(N)cc1C[C@@H](CC(=O)OC(C)(C)C)N[B]C=O. The summed E-state index contributed by atoms with van der Waals surface area (Å²) in [5.41, 5.74) is 8.29. The van der Waals surface area contributed by atoms with Gasteiger partial charge in [-0.05, 0) is 56.9 Å². The number of hydrogen-bond acceptors (Lipinski definition) is 5. The van der Waals surface area contributed by atoms with E-state index in [4.69, 9.17) is 10.5 Å². The number of nitrogens with one attached hydrogen (secondary N) is 1. The molecule has 0 bridgehead atoms. The number of anilines is 1. The minimum atomic E-state index is -0.526. The topological polar surface area (TPSA) is 81.4 Å². The summed E-state index contributed by atoms with van der Waals surface area (Å²) in [7, 11) is 1.31. The molecule has 3 N–H and O–H groups in total. The molecule has 125 valence electrons. The number of esters is 1. The summed E-state index contributed by atoms with van der Waals surface area (Å²) in [6.07, 6.45) is 2.33. The zero-order valence-corrected chi connectivity index (χ0v) is 14.4. The summed E-state index contributed by atoms with van der Waals surface area (Å²) in [6, 6.07) is 5.57. The van der Waals surface area contributed by atoms with E-state index in [-0.39, 0.29) is 18.4 Å². The van der Waals surface area contributed by atoms with Gasteiger partial charge < -0.3 is 20.5 Å². The molecule has 0 amide bonds. The number of nitrogen functional groups attached to an aromatic ring is 1. The Balaban J connectivity index is 2.84. The average molecular weight is 317 g/mol. The fourth-order valence-electron chi connectivity index (χ4n) is 2.40. The summed E-state index contributed by atoms with van der Waals surface area (Å²) in [5.74, 6) is -0.295. The van der Waals surface area contributed by atoms with Crippen molar-refractivity contribution in [3.8, 4) is 0 Å². The molecule has 0 aromatic heterocycles. The molecule has 0 saturated heterocycles. The predicted molar refractivity (Wildman–Crippen MR) is 93.8 cm³/mol. The Morgan fingerprint density at radius 1 is 1.39 bits per heavy atom. The summed E-state index contributed by atoms with van der Waals surface area (Å²) in [5, 5.41) is 2.97. The van der Waals surface area contributed by atoms with Gasteiger partial charge in [-0.15, -0.1) is 0 Å². The van der Waals surface area contributed by atoms with Gasteiger partial charge in [0.1, 0.15) is 5.60 Å². The minimum absolute atomic E-state index is 0.180. The van der Waals surface area contributed by atoms with Gasteiger partial charge in [0.15, 0.2) is 0 Å². The van der Waals surface area contributed by atoms with E-state index in [1.807, 2.05) is 39.0 Å². The molecular formula is C17H26BN2O3. The molecule has 1 radical (unpaired) electrons. The van der Waals surface area contributed by atoms with E-state index in [2.05, 4.69) is 12.2 Å². The Hall–Kier alpha value is -1.82.